The molecule has 0 rings (SSSR count). The first-order chi connectivity index (χ1) is 9.01. The quantitative estimate of drug-likeness (QED) is 0.520. The van der Waals surface area contributed by atoms with Crippen LogP contribution in [0.3, 0.4) is 0 Å². The Hall–Kier alpha value is -2.12. The van der Waals surface area contributed by atoms with Crippen LogP contribution in [0.4, 0.5) is 4.79 Å². The van der Waals surface area contributed by atoms with E-state index < -0.39 is 29.4 Å². The van der Waals surface area contributed by atoms with Crippen molar-refractivity contribution in [3.63, 3.8) is 0 Å². The Bertz CT molecular complexity index is 406. The van der Waals surface area contributed by atoms with E-state index in [1.54, 1.807) is 20.8 Å². The van der Waals surface area contributed by atoms with Crippen LogP contribution in [0.1, 0.15) is 40.0 Å². The molecular weight excluding hydrogens is 266 g/mol. The number of hydrogen-bond acceptors (Lipinski definition) is 4. The number of aliphatic carboxylic acids is 1. The van der Waals surface area contributed by atoms with Crippen molar-refractivity contribution in [2.45, 2.75) is 45.6 Å². The fourth-order valence-electron chi connectivity index (χ4n) is 1.68. The summed E-state index contributed by atoms with van der Waals surface area (Å²) in [7, 11) is 0. The van der Waals surface area contributed by atoms with Crippen molar-refractivity contribution < 1.29 is 24.3 Å². The number of amides is 4. The first-order valence-electron chi connectivity index (χ1n) is 6.14. The van der Waals surface area contributed by atoms with E-state index in [2.05, 4.69) is 10.6 Å². The van der Waals surface area contributed by atoms with Gasteiger partial charge in [0.05, 0.1) is 0 Å². The van der Waals surface area contributed by atoms with Gasteiger partial charge in [0.25, 0.3) is 0 Å². The molecule has 0 aromatic carbocycles. The summed E-state index contributed by atoms with van der Waals surface area (Å²) >= 11 is 0. The molecule has 8 heteroatoms. The summed E-state index contributed by atoms with van der Waals surface area (Å²) in [5.41, 5.74) is 4.16. The fraction of sp³-hybridized carbons (Fsp3) is 0.667. The lowest BCUT2D eigenvalue weighted by Gasteiger charge is -2.24. The van der Waals surface area contributed by atoms with Gasteiger partial charge in [-0.3, -0.25) is 19.7 Å². The summed E-state index contributed by atoms with van der Waals surface area (Å²) in [5.74, 6) is -2.53. The molecule has 1 atom stereocenters. The highest BCUT2D eigenvalue weighted by Gasteiger charge is 2.24. The maximum absolute atomic E-state index is 11.5. The number of rotatable bonds is 7. The molecule has 0 aromatic heterocycles. The van der Waals surface area contributed by atoms with Gasteiger partial charge in [0.1, 0.15) is 0 Å². The van der Waals surface area contributed by atoms with Gasteiger partial charge in [0.15, 0.2) is 0 Å². The van der Waals surface area contributed by atoms with E-state index in [0.29, 0.717) is 0 Å². The third-order valence-corrected chi connectivity index (χ3v) is 2.38. The summed E-state index contributed by atoms with van der Waals surface area (Å²) in [5, 5.41) is 13.1. The van der Waals surface area contributed by atoms with E-state index >= 15 is 0 Å². The van der Waals surface area contributed by atoms with Crippen molar-refractivity contribution in [2.75, 3.05) is 0 Å². The molecule has 0 fully saturated rings. The van der Waals surface area contributed by atoms with Gasteiger partial charge in [0.2, 0.25) is 11.8 Å². The van der Waals surface area contributed by atoms with Crippen LogP contribution in [-0.2, 0) is 14.4 Å². The Labute approximate surface area is 117 Å². The number of nitrogens with one attached hydrogen (secondary N) is 2. The highest BCUT2D eigenvalue weighted by Crippen LogP contribution is 2.08. The number of imide groups is 1. The van der Waals surface area contributed by atoms with Crippen LogP contribution in [0.2, 0.25) is 0 Å². The number of urea groups is 1. The molecule has 0 saturated heterocycles. The summed E-state index contributed by atoms with van der Waals surface area (Å²) in [6.07, 6.45) is -0.289. The molecule has 0 radical (unpaired) electrons. The number of carboxylic acids is 1. The number of carbonyl (C=O) groups excluding carboxylic acids is 3. The Morgan fingerprint density at radius 2 is 1.75 bits per heavy atom. The number of carbonyl (C=O) groups is 4. The molecule has 8 nitrogen and oxygen atoms in total. The zero-order valence-corrected chi connectivity index (χ0v) is 11.9. The Balaban J connectivity index is 4.23. The second-order valence-electron chi connectivity index (χ2n) is 5.44. The molecule has 0 aromatic rings. The monoisotopic (exact) mass is 287 g/mol. The second kappa shape index (κ2) is 7.46. The molecule has 0 heterocycles. The van der Waals surface area contributed by atoms with Crippen molar-refractivity contribution in [1.82, 2.24) is 10.6 Å². The maximum atomic E-state index is 11.5. The summed E-state index contributed by atoms with van der Waals surface area (Å²) in [4.78, 5) is 44.3. The number of nitrogens with two attached hydrogens (primary N) is 1. The largest absolute Gasteiger partial charge is 0.481 e. The molecule has 20 heavy (non-hydrogen) atoms. The van der Waals surface area contributed by atoms with Crippen molar-refractivity contribution in [1.29, 1.82) is 0 Å². The molecule has 0 spiro atoms. The molecule has 114 valence electrons. The highest BCUT2D eigenvalue weighted by molar-refractivity contribution is 5.95. The third-order valence-electron chi connectivity index (χ3n) is 2.38. The maximum Gasteiger partial charge on any atom is 0.321 e. The molecule has 1 unspecified atom stereocenters. The van der Waals surface area contributed by atoms with Crippen molar-refractivity contribution in [2.24, 2.45) is 11.7 Å². The normalized spacial score (nSPS) is 12.3. The van der Waals surface area contributed by atoms with Gasteiger partial charge in [0, 0.05) is 24.8 Å². The van der Waals surface area contributed by atoms with Gasteiger partial charge in [-0.05, 0) is 19.8 Å². The molecule has 0 aliphatic carbocycles. The van der Waals surface area contributed by atoms with Gasteiger partial charge in [-0.15, -0.1) is 0 Å². The van der Waals surface area contributed by atoms with E-state index in [0.717, 1.165) is 0 Å². The lowest BCUT2D eigenvalue weighted by molar-refractivity contribution is -0.138. The summed E-state index contributed by atoms with van der Waals surface area (Å²) < 4.78 is 0. The van der Waals surface area contributed by atoms with Gasteiger partial charge in [-0.1, -0.05) is 6.92 Å². The predicted molar refractivity (Wildman–Crippen MR) is 70.6 cm³/mol. The molecule has 0 bridgehead atoms. The highest BCUT2D eigenvalue weighted by atomic mass is 16.4. The van der Waals surface area contributed by atoms with E-state index in [1.807, 2.05) is 0 Å². The van der Waals surface area contributed by atoms with E-state index in [1.165, 1.54) is 0 Å². The van der Waals surface area contributed by atoms with Gasteiger partial charge >= 0.3 is 12.0 Å². The van der Waals surface area contributed by atoms with E-state index in [9.17, 15) is 19.2 Å². The standard InChI is InChI=1S/C12H21N3O5/c1-7(5-10(18)19)4-9(17)14-11(20)15-12(2,3)6-8(13)16/h7H,4-6H2,1-3H3,(H2,13,16)(H,18,19)(H2,14,15,17,20). The Kier molecular flexibility index (Phi) is 6.67. The minimum absolute atomic E-state index is 0.0654. The zero-order valence-electron chi connectivity index (χ0n) is 11.9. The average molecular weight is 287 g/mol. The zero-order chi connectivity index (χ0) is 15.9. The van der Waals surface area contributed by atoms with Gasteiger partial charge < -0.3 is 16.2 Å². The van der Waals surface area contributed by atoms with E-state index in [4.69, 9.17) is 10.8 Å². The van der Waals surface area contributed by atoms with Gasteiger partial charge in [-0.2, -0.15) is 0 Å². The van der Waals surface area contributed by atoms with Crippen LogP contribution in [-0.4, -0.2) is 34.5 Å². The van der Waals surface area contributed by atoms with Gasteiger partial charge in [-0.25, -0.2) is 4.79 Å². The molecule has 0 saturated carbocycles. The number of primary amides is 1. The van der Waals surface area contributed by atoms with Crippen molar-refractivity contribution >= 4 is 23.8 Å². The van der Waals surface area contributed by atoms with Crippen LogP contribution < -0.4 is 16.4 Å². The minimum atomic E-state index is -1.00. The first kappa shape index (κ1) is 17.9. The molecule has 0 aliphatic heterocycles. The molecule has 4 amide bonds. The first-order valence-corrected chi connectivity index (χ1v) is 6.14. The Morgan fingerprint density at radius 1 is 1.20 bits per heavy atom. The van der Waals surface area contributed by atoms with Crippen LogP contribution in [0.5, 0.6) is 0 Å². The van der Waals surface area contributed by atoms with Crippen molar-refractivity contribution in [3.05, 3.63) is 0 Å². The summed E-state index contributed by atoms with van der Waals surface area (Å²) in [6, 6.07) is -0.747. The molecule has 0 aliphatic rings. The molecular formula is C12H21N3O5. The fourth-order valence-corrected chi connectivity index (χ4v) is 1.68. The SMILES string of the molecule is CC(CC(=O)O)CC(=O)NC(=O)NC(C)(C)CC(N)=O. The van der Waals surface area contributed by atoms with Crippen molar-refractivity contribution in [3.8, 4) is 0 Å². The van der Waals surface area contributed by atoms with Crippen LogP contribution in [0.25, 0.3) is 0 Å². The molecule has 5 N–H and O–H groups in total. The minimum Gasteiger partial charge on any atom is -0.481 e. The number of carboxylic acid groups (broad SMARTS) is 1. The van der Waals surface area contributed by atoms with Crippen LogP contribution in [0, 0.1) is 5.92 Å². The Morgan fingerprint density at radius 3 is 2.20 bits per heavy atom. The third kappa shape index (κ3) is 8.90. The predicted octanol–water partition coefficient (Wildman–Crippen LogP) is -0.0329. The van der Waals surface area contributed by atoms with Crippen LogP contribution in [0.15, 0.2) is 0 Å². The number of hydrogen-bond donors (Lipinski definition) is 4. The smallest absolute Gasteiger partial charge is 0.321 e. The van der Waals surface area contributed by atoms with Crippen LogP contribution >= 0.6 is 0 Å². The second-order valence-corrected chi connectivity index (χ2v) is 5.44. The lowest BCUT2D eigenvalue weighted by atomic mass is 10.0. The average Bonchev–Trinajstić information content (AvgIpc) is 2.09. The summed E-state index contributed by atoms with van der Waals surface area (Å²) in [6.45, 7) is 4.78. The topological polar surface area (TPSA) is 139 Å². The lowest BCUT2D eigenvalue weighted by Crippen LogP contribution is -2.51. The van der Waals surface area contributed by atoms with E-state index in [-0.39, 0.29) is 25.2 Å².